The molecule has 2 atom stereocenters. The van der Waals surface area contributed by atoms with E-state index in [2.05, 4.69) is 34.5 Å². The Labute approximate surface area is 172 Å². The lowest BCUT2D eigenvalue weighted by molar-refractivity contribution is 0.128. The van der Waals surface area contributed by atoms with E-state index in [4.69, 9.17) is 0 Å². The van der Waals surface area contributed by atoms with Crippen LogP contribution in [0.25, 0.3) is 0 Å². The van der Waals surface area contributed by atoms with Gasteiger partial charge in [-0.25, -0.2) is 4.72 Å². The molecule has 1 N–H and O–H groups in total. The Hall–Kier alpha value is -1.19. The Kier molecular flexibility index (Phi) is 6.66. The lowest BCUT2D eigenvalue weighted by Crippen LogP contribution is -2.44. The van der Waals surface area contributed by atoms with Gasteiger partial charge < -0.3 is 4.55 Å². The molecule has 8 heteroatoms. The van der Waals surface area contributed by atoms with Crippen molar-refractivity contribution >= 4 is 22.6 Å². The van der Waals surface area contributed by atoms with Gasteiger partial charge in [0.1, 0.15) is 0 Å². The first-order valence-corrected chi connectivity index (χ1v) is 11.3. The number of halogens is 1. The highest BCUT2D eigenvalue weighted by Crippen LogP contribution is 2.41. The first-order chi connectivity index (χ1) is 13.2. The third-order valence-electron chi connectivity index (χ3n) is 5.94. The third kappa shape index (κ3) is 5.04. The summed E-state index contributed by atoms with van der Waals surface area (Å²) in [5, 5.41) is -0.177. The maximum Gasteiger partial charge on any atom is 0.176 e. The molecule has 0 aliphatic carbocycles. The lowest BCUT2D eigenvalue weighted by atomic mass is 9.82. The van der Waals surface area contributed by atoms with Crippen molar-refractivity contribution in [2.45, 2.75) is 45.6 Å². The summed E-state index contributed by atoms with van der Waals surface area (Å²) in [6, 6.07) is 7.45. The molecule has 2 aromatic heterocycles. The number of nitrogens with one attached hydrogen (secondary N) is 1. The Morgan fingerprint density at radius 2 is 2.18 bits per heavy atom. The van der Waals surface area contributed by atoms with E-state index >= 15 is 0 Å². The quantitative estimate of drug-likeness (QED) is 0.658. The first-order valence-electron chi connectivity index (χ1n) is 9.45. The number of pyridine rings is 1. The number of rotatable bonds is 8. The van der Waals surface area contributed by atoms with Gasteiger partial charge in [-0.3, -0.25) is 14.1 Å². The number of likely N-dealkylation sites (tertiary alicyclic amines) is 1. The molecule has 0 saturated carbocycles. The van der Waals surface area contributed by atoms with Crippen LogP contribution in [0, 0.1) is 17.5 Å². The Balaban J connectivity index is 1.75. The molecule has 0 aromatic carbocycles. The van der Waals surface area contributed by atoms with Crippen molar-refractivity contribution in [2.24, 2.45) is 5.41 Å². The van der Waals surface area contributed by atoms with E-state index in [1.807, 2.05) is 25.3 Å². The van der Waals surface area contributed by atoms with Gasteiger partial charge in [-0.15, -0.1) is 11.3 Å². The second kappa shape index (κ2) is 8.67. The molecule has 5 nitrogen and oxygen atoms in total. The average Bonchev–Trinajstić information content (AvgIpc) is 3.26. The van der Waals surface area contributed by atoms with Gasteiger partial charge in [-0.1, -0.05) is 6.07 Å². The zero-order chi connectivity index (χ0) is 20.4. The monoisotopic (exact) mass is 424 g/mol. The molecule has 1 saturated heterocycles. The highest BCUT2D eigenvalue weighted by molar-refractivity contribution is 7.77. The highest BCUT2D eigenvalue weighted by Gasteiger charge is 2.43. The number of aryl methyl sites for hydroxylation is 2. The molecule has 0 spiro atoms. The van der Waals surface area contributed by atoms with Crippen molar-refractivity contribution in [3.8, 4) is 0 Å². The zero-order valence-corrected chi connectivity index (χ0v) is 18.2. The molecule has 2 aromatic rings. The van der Waals surface area contributed by atoms with Crippen molar-refractivity contribution in [3.05, 3.63) is 51.7 Å². The summed E-state index contributed by atoms with van der Waals surface area (Å²) >= 11 is -1.12. The van der Waals surface area contributed by atoms with Gasteiger partial charge in [-0.05, 0) is 75.8 Å². The predicted molar refractivity (Wildman–Crippen MR) is 110 cm³/mol. The largest absolute Gasteiger partial charge is 0.760 e. The van der Waals surface area contributed by atoms with E-state index < -0.39 is 11.3 Å². The molecule has 0 bridgehead atoms. The fraction of sp³-hybridized carbons (Fsp3) is 0.550. The smallest absolute Gasteiger partial charge is 0.176 e. The normalized spacial score (nSPS) is 21.9. The van der Waals surface area contributed by atoms with E-state index in [-0.39, 0.29) is 16.1 Å². The summed E-state index contributed by atoms with van der Waals surface area (Å²) in [6.07, 6.45) is 4.39. The summed E-state index contributed by atoms with van der Waals surface area (Å²) in [5.41, 5.74) is 1.76. The van der Waals surface area contributed by atoms with Crippen molar-refractivity contribution < 1.29 is 13.2 Å². The standard InChI is InChI=1S/C20H28FN3O2S2/c1-15-4-5-16(12-22-15)19(2,3)24-11-10-20(14-24,13-23-28(25)26)9-8-17-6-7-18(21)27-17/h4-7,12,23H,8-11,13-14H2,1-3H3,(H,25,26)/p-1. The van der Waals surface area contributed by atoms with Crippen molar-refractivity contribution in [1.29, 1.82) is 0 Å². The topological polar surface area (TPSA) is 68.3 Å². The lowest BCUT2D eigenvalue weighted by Gasteiger charge is -2.38. The molecular weight excluding hydrogens is 397 g/mol. The minimum atomic E-state index is -2.29. The van der Waals surface area contributed by atoms with Crippen LogP contribution in [0.2, 0.25) is 0 Å². The van der Waals surface area contributed by atoms with E-state index in [0.717, 1.165) is 48.5 Å². The Morgan fingerprint density at radius 1 is 1.39 bits per heavy atom. The van der Waals surface area contributed by atoms with Crippen molar-refractivity contribution in [2.75, 3.05) is 19.6 Å². The zero-order valence-electron chi connectivity index (χ0n) is 16.5. The van der Waals surface area contributed by atoms with Crippen LogP contribution >= 0.6 is 11.3 Å². The first kappa shape index (κ1) is 21.5. The molecule has 1 fully saturated rings. The summed E-state index contributed by atoms with van der Waals surface area (Å²) in [4.78, 5) is 7.84. The van der Waals surface area contributed by atoms with Gasteiger partial charge in [0, 0.05) is 46.7 Å². The molecule has 2 unspecified atom stereocenters. The van der Waals surface area contributed by atoms with Crippen LogP contribution < -0.4 is 4.72 Å². The minimum absolute atomic E-state index is 0.171. The van der Waals surface area contributed by atoms with Crippen LogP contribution in [-0.4, -0.2) is 38.3 Å². The van der Waals surface area contributed by atoms with Gasteiger partial charge in [0.25, 0.3) is 0 Å². The summed E-state index contributed by atoms with van der Waals surface area (Å²) < 4.78 is 38.2. The molecule has 1 aliphatic heterocycles. The predicted octanol–water partition coefficient (Wildman–Crippen LogP) is 3.53. The van der Waals surface area contributed by atoms with Crippen LogP contribution in [-0.2, 0) is 23.2 Å². The maximum absolute atomic E-state index is 13.3. The van der Waals surface area contributed by atoms with Crippen LogP contribution in [0.3, 0.4) is 0 Å². The van der Waals surface area contributed by atoms with E-state index in [9.17, 15) is 13.2 Å². The van der Waals surface area contributed by atoms with Crippen molar-refractivity contribution in [1.82, 2.24) is 14.6 Å². The van der Waals surface area contributed by atoms with Gasteiger partial charge in [-0.2, -0.15) is 4.39 Å². The molecule has 1 aliphatic rings. The van der Waals surface area contributed by atoms with E-state index in [0.29, 0.717) is 6.54 Å². The maximum atomic E-state index is 13.3. The molecule has 154 valence electrons. The average molecular weight is 425 g/mol. The highest BCUT2D eigenvalue weighted by atomic mass is 32.2. The van der Waals surface area contributed by atoms with Crippen LogP contribution in [0.15, 0.2) is 30.5 Å². The number of aromatic nitrogens is 1. The number of hydrogen-bond acceptors (Lipinski definition) is 5. The fourth-order valence-electron chi connectivity index (χ4n) is 3.95. The molecule has 28 heavy (non-hydrogen) atoms. The number of thiophene rings is 1. The van der Waals surface area contributed by atoms with E-state index in [1.54, 1.807) is 0 Å². The molecule has 0 amide bonds. The minimum Gasteiger partial charge on any atom is -0.760 e. The van der Waals surface area contributed by atoms with Crippen molar-refractivity contribution in [3.63, 3.8) is 0 Å². The van der Waals surface area contributed by atoms with Gasteiger partial charge in [0.05, 0.1) is 0 Å². The number of nitrogens with zero attached hydrogens (tertiary/aromatic N) is 2. The SMILES string of the molecule is Cc1ccc(C(C)(C)N2CCC(CCc3ccc(F)s3)(CNS(=O)[O-])C2)cn1. The molecule has 3 heterocycles. The van der Waals surface area contributed by atoms with Crippen LogP contribution in [0.1, 0.15) is 42.8 Å². The van der Waals surface area contributed by atoms with E-state index in [1.165, 1.54) is 17.4 Å². The summed E-state index contributed by atoms with van der Waals surface area (Å²) in [5.74, 6) is 0. The Morgan fingerprint density at radius 3 is 2.79 bits per heavy atom. The Bertz CT molecular complexity index is 825. The second-order valence-corrected chi connectivity index (χ2v) is 10.1. The van der Waals surface area contributed by atoms with Crippen LogP contribution in [0.5, 0.6) is 0 Å². The number of hydrogen-bond donors (Lipinski definition) is 1. The van der Waals surface area contributed by atoms with Gasteiger partial charge in [0.2, 0.25) is 0 Å². The summed E-state index contributed by atoms with van der Waals surface area (Å²) in [6.45, 7) is 8.40. The summed E-state index contributed by atoms with van der Waals surface area (Å²) in [7, 11) is 0. The molecule has 0 radical (unpaired) electrons. The second-order valence-electron chi connectivity index (χ2n) is 8.18. The van der Waals surface area contributed by atoms with Gasteiger partial charge >= 0.3 is 0 Å². The molecule has 3 rings (SSSR count). The molecular formula is C20H27FN3O2S2-. The third-order valence-corrected chi connectivity index (χ3v) is 7.26. The van der Waals surface area contributed by atoms with Crippen LogP contribution in [0.4, 0.5) is 4.39 Å². The van der Waals surface area contributed by atoms with Gasteiger partial charge in [0.15, 0.2) is 5.13 Å². The fourth-order valence-corrected chi connectivity index (χ4v) is 5.10.